The monoisotopic (exact) mass is 349 g/mol. The van der Waals surface area contributed by atoms with Gasteiger partial charge in [-0.05, 0) is 18.9 Å². The smallest absolute Gasteiger partial charge is 0.258 e. The van der Waals surface area contributed by atoms with Crippen LogP contribution >= 0.6 is 15.9 Å². The number of nitro benzene ring substituents is 1. The first-order chi connectivity index (χ1) is 8.75. The molecule has 0 saturated carbocycles. The molecule has 7 heteroatoms. The SMILES string of the molecule is CCCC(Br)Cc1ccc(S(C)(=O)=O)cc1[N+](=O)[O-]. The Kier molecular flexibility index (Phi) is 5.49. The summed E-state index contributed by atoms with van der Waals surface area (Å²) in [4.78, 5) is 10.6. The molecule has 0 radical (unpaired) electrons. The van der Waals surface area contributed by atoms with Crippen LogP contribution in [0.25, 0.3) is 0 Å². The van der Waals surface area contributed by atoms with Crippen LogP contribution in [0.4, 0.5) is 5.69 Å². The summed E-state index contributed by atoms with van der Waals surface area (Å²) in [7, 11) is -3.43. The largest absolute Gasteiger partial charge is 0.273 e. The second-order valence-corrected chi connectivity index (χ2v) is 7.72. The van der Waals surface area contributed by atoms with Crippen molar-refractivity contribution >= 4 is 31.5 Å². The van der Waals surface area contributed by atoms with Crippen molar-refractivity contribution < 1.29 is 13.3 Å². The molecule has 0 aliphatic heterocycles. The molecule has 0 spiro atoms. The molecule has 0 N–H and O–H groups in total. The second kappa shape index (κ2) is 6.47. The highest BCUT2D eigenvalue weighted by Gasteiger charge is 2.20. The Balaban J connectivity index is 3.16. The highest BCUT2D eigenvalue weighted by Crippen LogP contribution is 2.26. The minimum absolute atomic E-state index is 0.0236. The summed E-state index contributed by atoms with van der Waals surface area (Å²) < 4.78 is 22.8. The predicted octanol–water partition coefficient (Wildman–Crippen LogP) is 3.10. The van der Waals surface area contributed by atoms with Crippen molar-refractivity contribution in [2.24, 2.45) is 0 Å². The highest BCUT2D eigenvalue weighted by molar-refractivity contribution is 9.09. The lowest BCUT2D eigenvalue weighted by Crippen LogP contribution is -2.06. The van der Waals surface area contributed by atoms with Gasteiger partial charge in [-0.1, -0.05) is 35.3 Å². The lowest BCUT2D eigenvalue weighted by Gasteiger charge is -2.09. The van der Waals surface area contributed by atoms with E-state index in [1.807, 2.05) is 6.92 Å². The number of benzene rings is 1. The van der Waals surface area contributed by atoms with Crippen molar-refractivity contribution in [3.05, 3.63) is 33.9 Å². The lowest BCUT2D eigenvalue weighted by atomic mass is 10.1. The van der Waals surface area contributed by atoms with E-state index in [9.17, 15) is 18.5 Å². The van der Waals surface area contributed by atoms with E-state index in [2.05, 4.69) is 15.9 Å². The first-order valence-electron chi connectivity index (χ1n) is 5.87. The highest BCUT2D eigenvalue weighted by atomic mass is 79.9. The van der Waals surface area contributed by atoms with E-state index in [0.29, 0.717) is 12.0 Å². The molecule has 19 heavy (non-hydrogen) atoms. The fourth-order valence-corrected chi connectivity index (χ4v) is 3.22. The van der Waals surface area contributed by atoms with E-state index in [1.165, 1.54) is 12.1 Å². The van der Waals surface area contributed by atoms with Gasteiger partial charge in [0.05, 0.1) is 9.82 Å². The lowest BCUT2D eigenvalue weighted by molar-refractivity contribution is -0.385. The Bertz CT molecular complexity index is 571. The predicted molar refractivity (Wildman–Crippen MR) is 77.5 cm³/mol. The van der Waals surface area contributed by atoms with Crippen molar-refractivity contribution in [3.8, 4) is 0 Å². The normalized spacial score (nSPS) is 13.2. The van der Waals surface area contributed by atoms with Crippen molar-refractivity contribution in [3.63, 3.8) is 0 Å². The molecule has 1 atom stereocenters. The molecule has 5 nitrogen and oxygen atoms in total. The average molecular weight is 350 g/mol. The molecule has 0 saturated heterocycles. The van der Waals surface area contributed by atoms with Gasteiger partial charge in [0.1, 0.15) is 0 Å². The third kappa shape index (κ3) is 4.58. The molecule has 0 bridgehead atoms. The van der Waals surface area contributed by atoms with Gasteiger partial charge in [-0.25, -0.2) is 8.42 Å². The molecule has 0 aromatic heterocycles. The van der Waals surface area contributed by atoms with E-state index in [4.69, 9.17) is 0 Å². The third-order valence-corrected chi connectivity index (χ3v) is 4.62. The maximum absolute atomic E-state index is 11.4. The Hall–Kier alpha value is -0.950. The van der Waals surface area contributed by atoms with E-state index in [-0.39, 0.29) is 15.4 Å². The topological polar surface area (TPSA) is 77.3 Å². The summed E-state index contributed by atoms with van der Waals surface area (Å²) >= 11 is 3.48. The van der Waals surface area contributed by atoms with Crippen LogP contribution < -0.4 is 0 Å². The minimum Gasteiger partial charge on any atom is -0.258 e. The fourth-order valence-electron chi connectivity index (χ4n) is 1.77. The molecule has 0 heterocycles. The number of rotatable bonds is 6. The number of sulfone groups is 1. The Morgan fingerprint density at radius 2 is 2.05 bits per heavy atom. The van der Waals surface area contributed by atoms with Crippen LogP contribution in [0.3, 0.4) is 0 Å². The number of halogens is 1. The Labute approximate surface area is 121 Å². The molecule has 1 aromatic carbocycles. The maximum Gasteiger partial charge on any atom is 0.273 e. The standard InChI is InChI=1S/C12H16BrNO4S/c1-3-4-10(13)7-9-5-6-11(19(2,17)18)8-12(9)14(15)16/h5-6,8,10H,3-4,7H2,1-2H3. The molecular weight excluding hydrogens is 334 g/mol. The van der Waals surface area contributed by atoms with Crippen molar-refractivity contribution in [1.82, 2.24) is 0 Å². The summed E-state index contributed by atoms with van der Waals surface area (Å²) in [6.07, 6.45) is 3.43. The Morgan fingerprint density at radius 1 is 1.42 bits per heavy atom. The third-order valence-electron chi connectivity index (χ3n) is 2.72. The second-order valence-electron chi connectivity index (χ2n) is 4.41. The molecule has 0 fully saturated rings. The number of nitrogens with zero attached hydrogens (tertiary/aromatic N) is 1. The zero-order valence-electron chi connectivity index (χ0n) is 10.8. The molecule has 1 unspecified atom stereocenters. The Morgan fingerprint density at radius 3 is 2.53 bits per heavy atom. The van der Waals surface area contributed by atoms with Crippen LogP contribution in [0.15, 0.2) is 23.1 Å². The van der Waals surface area contributed by atoms with E-state index >= 15 is 0 Å². The van der Waals surface area contributed by atoms with Crippen molar-refractivity contribution in [2.45, 2.75) is 35.9 Å². The summed E-state index contributed by atoms with van der Waals surface area (Å²) in [5.41, 5.74) is 0.413. The van der Waals surface area contributed by atoms with Crippen molar-refractivity contribution in [1.29, 1.82) is 0 Å². The zero-order valence-corrected chi connectivity index (χ0v) is 13.2. The van der Waals surface area contributed by atoms with Gasteiger partial charge in [-0.3, -0.25) is 10.1 Å². The number of nitro groups is 1. The van der Waals surface area contributed by atoms with Crippen LogP contribution in [0.1, 0.15) is 25.3 Å². The van der Waals surface area contributed by atoms with Gasteiger partial charge >= 0.3 is 0 Å². The van der Waals surface area contributed by atoms with Gasteiger partial charge < -0.3 is 0 Å². The summed E-state index contributed by atoms with van der Waals surface area (Å²) in [6, 6.07) is 4.08. The molecule has 0 aliphatic rings. The fraction of sp³-hybridized carbons (Fsp3) is 0.500. The molecule has 1 rings (SSSR count). The first-order valence-corrected chi connectivity index (χ1v) is 8.67. The van der Waals surface area contributed by atoms with Gasteiger partial charge in [0.2, 0.25) is 0 Å². The van der Waals surface area contributed by atoms with E-state index in [0.717, 1.165) is 25.2 Å². The summed E-state index contributed by atoms with van der Waals surface area (Å²) in [5, 5.41) is 11.0. The zero-order chi connectivity index (χ0) is 14.6. The van der Waals surface area contributed by atoms with Crippen LogP contribution in [-0.4, -0.2) is 24.4 Å². The van der Waals surface area contributed by atoms with Crippen molar-refractivity contribution in [2.75, 3.05) is 6.26 Å². The molecule has 1 aromatic rings. The maximum atomic E-state index is 11.4. The number of alkyl halides is 1. The average Bonchev–Trinajstić information content (AvgIpc) is 2.27. The van der Waals surface area contributed by atoms with Gasteiger partial charge in [-0.15, -0.1) is 0 Å². The molecule has 0 aliphatic carbocycles. The summed E-state index contributed by atoms with van der Waals surface area (Å²) in [5.74, 6) is 0. The van der Waals surface area contributed by atoms with Gasteiger partial charge in [0.15, 0.2) is 9.84 Å². The van der Waals surface area contributed by atoms with Crippen LogP contribution in [0.5, 0.6) is 0 Å². The van der Waals surface area contributed by atoms with Gasteiger partial charge in [0, 0.05) is 22.7 Å². The number of hydrogen-bond acceptors (Lipinski definition) is 4. The van der Waals surface area contributed by atoms with Gasteiger partial charge in [-0.2, -0.15) is 0 Å². The molecule has 0 amide bonds. The van der Waals surface area contributed by atoms with Crippen LogP contribution in [0, 0.1) is 10.1 Å². The quantitative estimate of drug-likeness (QED) is 0.449. The number of hydrogen-bond donors (Lipinski definition) is 0. The summed E-state index contributed by atoms with van der Waals surface area (Å²) in [6.45, 7) is 2.04. The van der Waals surface area contributed by atoms with Crippen LogP contribution in [0.2, 0.25) is 0 Å². The molecule has 106 valence electrons. The first kappa shape index (κ1) is 16.1. The molecular formula is C12H16BrNO4S. The van der Waals surface area contributed by atoms with Gasteiger partial charge in [0.25, 0.3) is 5.69 Å². The van der Waals surface area contributed by atoms with Crippen LogP contribution in [-0.2, 0) is 16.3 Å². The van der Waals surface area contributed by atoms with E-state index in [1.54, 1.807) is 0 Å². The minimum atomic E-state index is -3.43. The van der Waals surface area contributed by atoms with E-state index < -0.39 is 14.8 Å².